The lowest BCUT2D eigenvalue weighted by Crippen LogP contribution is -2.51. The number of pyridine rings is 1. The molecule has 1 fully saturated rings. The van der Waals surface area contributed by atoms with Gasteiger partial charge in [-0.2, -0.15) is 4.31 Å². The first-order valence-corrected chi connectivity index (χ1v) is 13.0. The normalized spacial score (nSPS) is 16.4. The second-order valence-electron chi connectivity index (χ2n) is 8.82. The Morgan fingerprint density at radius 3 is 2.35 bits per heavy atom. The van der Waals surface area contributed by atoms with Crippen LogP contribution in [0.4, 0.5) is 0 Å². The van der Waals surface area contributed by atoms with E-state index in [-0.39, 0.29) is 43.2 Å². The molecule has 34 heavy (non-hydrogen) atoms. The molecule has 2 aromatic carbocycles. The fraction of sp³-hybridized carbons (Fsp3) is 0.308. The number of benzene rings is 2. The van der Waals surface area contributed by atoms with Gasteiger partial charge >= 0.3 is 0 Å². The van der Waals surface area contributed by atoms with Crippen LogP contribution < -0.4 is 5.56 Å². The molecule has 1 aliphatic carbocycles. The average Bonchev–Trinajstić information content (AvgIpc) is 3.34. The van der Waals surface area contributed by atoms with Crippen molar-refractivity contribution in [2.24, 2.45) is 0 Å². The number of hydrogen-bond acceptors (Lipinski definition) is 4. The number of amides is 1. The monoisotopic (exact) mass is 477 g/mol. The highest BCUT2D eigenvalue weighted by Gasteiger charge is 2.31. The Labute approximate surface area is 199 Å². The Morgan fingerprint density at radius 2 is 1.59 bits per heavy atom. The van der Waals surface area contributed by atoms with Gasteiger partial charge in [-0.25, -0.2) is 8.42 Å². The second-order valence-corrected chi connectivity index (χ2v) is 10.8. The SMILES string of the molecule is O=C(c1cccn(Cc2ccccc2)c1=O)N1CCN(S(=O)(=O)c2ccc3c(c2)CCC3)CC1. The van der Waals surface area contributed by atoms with Gasteiger partial charge in [0.05, 0.1) is 11.4 Å². The van der Waals surface area contributed by atoms with Crippen molar-refractivity contribution in [2.75, 3.05) is 26.2 Å². The predicted octanol–water partition coefficient (Wildman–Crippen LogP) is 2.53. The van der Waals surface area contributed by atoms with Crippen molar-refractivity contribution < 1.29 is 13.2 Å². The van der Waals surface area contributed by atoms with Crippen molar-refractivity contribution in [1.82, 2.24) is 13.8 Å². The summed E-state index contributed by atoms with van der Waals surface area (Å²) < 4.78 is 29.3. The quantitative estimate of drug-likeness (QED) is 0.566. The molecular formula is C26H27N3O4S. The average molecular weight is 478 g/mol. The number of fused-ring (bicyclic) bond motifs is 1. The summed E-state index contributed by atoms with van der Waals surface area (Å²) in [5.74, 6) is -0.359. The minimum absolute atomic E-state index is 0.105. The third-order valence-corrected chi connectivity index (χ3v) is 8.57. The number of aryl methyl sites for hydroxylation is 2. The van der Waals surface area contributed by atoms with E-state index in [2.05, 4.69) is 0 Å². The van der Waals surface area contributed by atoms with Crippen molar-refractivity contribution in [2.45, 2.75) is 30.7 Å². The van der Waals surface area contributed by atoms with E-state index in [1.165, 1.54) is 14.4 Å². The molecule has 1 aliphatic heterocycles. The van der Waals surface area contributed by atoms with Gasteiger partial charge in [-0.3, -0.25) is 9.59 Å². The number of nitrogens with zero attached hydrogens (tertiary/aromatic N) is 3. The summed E-state index contributed by atoms with van der Waals surface area (Å²) in [6.07, 6.45) is 4.65. The zero-order chi connectivity index (χ0) is 23.7. The highest BCUT2D eigenvalue weighted by atomic mass is 32.2. The molecule has 8 heteroatoms. The molecule has 0 unspecified atom stereocenters. The number of rotatable bonds is 5. The van der Waals surface area contributed by atoms with Gasteiger partial charge in [-0.15, -0.1) is 0 Å². The van der Waals surface area contributed by atoms with Crippen molar-refractivity contribution in [3.63, 3.8) is 0 Å². The minimum atomic E-state index is -3.62. The Kier molecular flexibility index (Phi) is 6.10. The third kappa shape index (κ3) is 4.31. The first-order chi connectivity index (χ1) is 16.4. The molecule has 1 amide bonds. The van der Waals surface area contributed by atoms with Crippen molar-refractivity contribution in [3.05, 3.63) is 99.5 Å². The molecule has 0 bridgehead atoms. The summed E-state index contributed by atoms with van der Waals surface area (Å²) in [6, 6.07) is 18.2. The first-order valence-electron chi connectivity index (χ1n) is 11.6. The first kappa shape index (κ1) is 22.6. The molecule has 176 valence electrons. The van der Waals surface area contributed by atoms with E-state index in [0.717, 1.165) is 30.4 Å². The fourth-order valence-corrected chi connectivity index (χ4v) is 6.24. The highest BCUT2D eigenvalue weighted by molar-refractivity contribution is 7.89. The summed E-state index contributed by atoms with van der Waals surface area (Å²) in [5, 5.41) is 0. The zero-order valence-electron chi connectivity index (χ0n) is 18.9. The topological polar surface area (TPSA) is 79.7 Å². The van der Waals surface area contributed by atoms with Crippen LogP contribution >= 0.6 is 0 Å². The molecule has 0 N–H and O–H groups in total. The van der Waals surface area contributed by atoms with Crippen molar-refractivity contribution >= 4 is 15.9 Å². The number of hydrogen-bond donors (Lipinski definition) is 0. The molecule has 0 spiro atoms. The largest absolute Gasteiger partial charge is 0.336 e. The van der Waals surface area contributed by atoms with E-state index in [4.69, 9.17) is 0 Å². The molecule has 2 heterocycles. The number of carbonyl (C=O) groups excluding carboxylic acids is 1. The molecule has 1 aromatic heterocycles. The van der Waals surface area contributed by atoms with Gasteiger partial charge in [0.15, 0.2) is 0 Å². The van der Waals surface area contributed by atoms with Crippen LogP contribution in [0.1, 0.15) is 33.5 Å². The maximum absolute atomic E-state index is 13.2. The minimum Gasteiger partial charge on any atom is -0.336 e. The fourth-order valence-electron chi connectivity index (χ4n) is 4.76. The standard InChI is InChI=1S/C26H27N3O4S/c30-25(24-10-5-13-28(26(24)31)19-20-6-2-1-3-7-20)27-14-16-29(17-15-27)34(32,33)23-12-11-21-8-4-9-22(21)18-23/h1-3,5-7,10-13,18H,4,8-9,14-17,19H2. The van der Waals surface area contributed by atoms with Gasteiger partial charge in [-0.1, -0.05) is 36.4 Å². The number of aromatic nitrogens is 1. The van der Waals surface area contributed by atoms with E-state index < -0.39 is 10.0 Å². The Morgan fingerprint density at radius 1 is 0.853 bits per heavy atom. The van der Waals surface area contributed by atoms with Gasteiger partial charge in [0.2, 0.25) is 10.0 Å². The zero-order valence-corrected chi connectivity index (χ0v) is 19.7. The summed E-state index contributed by atoms with van der Waals surface area (Å²) in [4.78, 5) is 28.0. The summed E-state index contributed by atoms with van der Waals surface area (Å²) in [7, 11) is -3.62. The Balaban J connectivity index is 1.28. The van der Waals surface area contributed by atoms with Gasteiger partial charge in [-0.05, 0) is 60.2 Å². The van der Waals surface area contributed by atoms with Gasteiger partial charge in [0.25, 0.3) is 11.5 Å². The van der Waals surface area contributed by atoms with E-state index in [1.54, 1.807) is 35.4 Å². The van der Waals surface area contributed by atoms with Crippen LogP contribution in [0.15, 0.2) is 76.6 Å². The molecule has 2 aliphatic rings. The summed E-state index contributed by atoms with van der Waals surface area (Å²) in [5.41, 5.74) is 3.08. The van der Waals surface area contributed by atoms with E-state index in [9.17, 15) is 18.0 Å². The van der Waals surface area contributed by atoms with Crippen LogP contribution in [-0.4, -0.2) is 54.3 Å². The van der Waals surface area contributed by atoms with Crippen molar-refractivity contribution in [1.29, 1.82) is 0 Å². The number of piperazine rings is 1. The van der Waals surface area contributed by atoms with Crippen LogP contribution in [0.5, 0.6) is 0 Å². The van der Waals surface area contributed by atoms with Crippen LogP contribution in [0.2, 0.25) is 0 Å². The molecule has 1 saturated heterocycles. The van der Waals surface area contributed by atoms with Crippen LogP contribution in [0.25, 0.3) is 0 Å². The molecule has 3 aromatic rings. The molecule has 7 nitrogen and oxygen atoms in total. The maximum Gasteiger partial charge on any atom is 0.263 e. The molecule has 0 radical (unpaired) electrons. The smallest absolute Gasteiger partial charge is 0.263 e. The molecular weight excluding hydrogens is 450 g/mol. The molecule has 0 saturated carbocycles. The van der Waals surface area contributed by atoms with Crippen LogP contribution in [0.3, 0.4) is 0 Å². The molecule has 0 atom stereocenters. The third-order valence-electron chi connectivity index (χ3n) is 6.68. The molecule has 5 rings (SSSR count). The lowest BCUT2D eigenvalue weighted by molar-refractivity contribution is 0.0695. The van der Waals surface area contributed by atoms with E-state index >= 15 is 0 Å². The second kappa shape index (κ2) is 9.19. The van der Waals surface area contributed by atoms with Gasteiger partial charge in [0.1, 0.15) is 5.56 Å². The predicted molar refractivity (Wildman–Crippen MR) is 129 cm³/mol. The number of carbonyl (C=O) groups is 1. The number of sulfonamides is 1. The summed E-state index contributed by atoms with van der Waals surface area (Å²) >= 11 is 0. The van der Waals surface area contributed by atoms with Crippen LogP contribution in [0, 0.1) is 0 Å². The van der Waals surface area contributed by atoms with Crippen molar-refractivity contribution in [3.8, 4) is 0 Å². The lowest BCUT2D eigenvalue weighted by Gasteiger charge is -2.34. The van der Waals surface area contributed by atoms with E-state index in [1.807, 2.05) is 36.4 Å². The van der Waals surface area contributed by atoms with Gasteiger partial charge < -0.3 is 9.47 Å². The van der Waals surface area contributed by atoms with Gasteiger partial charge in [0, 0.05) is 32.4 Å². The Hall–Kier alpha value is -3.23. The van der Waals surface area contributed by atoms with Crippen LogP contribution in [-0.2, 0) is 29.4 Å². The highest BCUT2D eigenvalue weighted by Crippen LogP contribution is 2.26. The van der Waals surface area contributed by atoms with E-state index in [0.29, 0.717) is 11.4 Å². The lowest BCUT2D eigenvalue weighted by atomic mass is 10.1. The Bertz CT molecular complexity index is 1370. The maximum atomic E-state index is 13.2. The summed E-state index contributed by atoms with van der Waals surface area (Å²) in [6.45, 7) is 1.28.